The molecule has 27 heavy (non-hydrogen) atoms. The van der Waals surface area contributed by atoms with Crippen molar-refractivity contribution in [1.29, 1.82) is 0 Å². The summed E-state index contributed by atoms with van der Waals surface area (Å²) in [5.74, 6) is 0.605. The molecule has 0 aromatic carbocycles. The number of likely N-dealkylation sites (tertiary alicyclic amines) is 2. The fourth-order valence-corrected chi connectivity index (χ4v) is 4.78. The van der Waals surface area contributed by atoms with Gasteiger partial charge in [0.15, 0.2) is 5.43 Å². The predicted octanol–water partition coefficient (Wildman–Crippen LogP) is 3.08. The normalized spacial score (nSPS) is 21.8. The zero-order chi connectivity index (χ0) is 19.6. The minimum absolute atomic E-state index is 0.0590. The van der Waals surface area contributed by atoms with E-state index < -0.39 is 0 Å². The van der Waals surface area contributed by atoms with E-state index in [2.05, 4.69) is 30.2 Å². The number of pyridine rings is 1. The molecule has 150 valence electrons. The van der Waals surface area contributed by atoms with Gasteiger partial charge in [-0.25, -0.2) is 0 Å². The minimum atomic E-state index is -0.108. The summed E-state index contributed by atoms with van der Waals surface area (Å²) in [6, 6.07) is 2.17. The van der Waals surface area contributed by atoms with E-state index in [4.69, 9.17) is 0 Å². The molecule has 2 saturated heterocycles. The van der Waals surface area contributed by atoms with Crippen molar-refractivity contribution >= 4 is 5.91 Å². The lowest BCUT2D eigenvalue weighted by atomic mass is 9.98. The van der Waals surface area contributed by atoms with Crippen LogP contribution in [0.1, 0.15) is 68.2 Å². The van der Waals surface area contributed by atoms with Crippen molar-refractivity contribution in [3.8, 4) is 0 Å². The van der Waals surface area contributed by atoms with Crippen molar-refractivity contribution in [2.24, 2.45) is 5.92 Å². The maximum atomic E-state index is 13.2. The van der Waals surface area contributed by atoms with Crippen molar-refractivity contribution in [2.75, 3.05) is 26.2 Å². The molecule has 0 radical (unpaired) electrons. The van der Waals surface area contributed by atoms with Crippen molar-refractivity contribution in [1.82, 2.24) is 14.4 Å². The second kappa shape index (κ2) is 8.59. The summed E-state index contributed by atoms with van der Waals surface area (Å²) < 4.78 is 2.25. The van der Waals surface area contributed by atoms with Gasteiger partial charge in [0.05, 0.1) is 0 Å². The number of amides is 1. The van der Waals surface area contributed by atoms with E-state index in [0.717, 1.165) is 57.0 Å². The number of carbonyl (C=O) groups is 1. The second-order valence-corrected chi connectivity index (χ2v) is 8.34. The van der Waals surface area contributed by atoms with Gasteiger partial charge in [0.1, 0.15) is 5.56 Å². The number of carbonyl (C=O) groups excluding carboxylic acids is 1. The molecule has 0 N–H and O–H groups in total. The molecule has 5 nitrogen and oxygen atoms in total. The minimum Gasteiger partial charge on any atom is -0.346 e. The lowest BCUT2D eigenvalue weighted by molar-refractivity contribution is 0.0693. The number of hydrogen-bond acceptors (Lipinski definition) is 3. The monoisotopic (exact) mass is 373 g/mol. The number of aromatic nitrogens is 1. The van der Waals surface area contributed by atoms with Gasteiger partial charge in [0, 0.05) is 43.1 Å². The van der Waals surface area contributed by atoms with E-state index in [9.17, 15) is 9.59 Å². The van der Waals surface area contributed by atoms with Crippen molar-refractivity contribution in [2.45, 2.75) is 72.4 Å². The number of rotatable bonds is 5. The van der Waals surface area contributed by atoms with Gasteiger partial charge in [0.25, 0.3) is 5.91 Å². The highest BCUT2D eigenvalue weighted by Crippen LogP contribution is 2.23. The van der Waals surface area contributed by atoms with Crippen molar-refractivity contribution in [3.05, 3.63) is 33.2 Å². The summed E-state index contributed by atoms with van der Waals surface area (Å²) in [5, 5.41) is 0. The number of piperidine rings is 1. The first-order chi connectivity index (χ1) is 13.0. The highest BCUT2D eigenvalue weighted by molar-refractivity contribution is 5.95. The molecule has 1 aromatic heterocycles. The topological polar surface area (TPSA) is 45.6 Å². The summed E-state index contributed by atoms with van der Waals surface area (Å²) in [4.78, 5) is 30.4. The number of likely N-dealkylation sites (N-methyl/N-ethyl adjacent to an activating group) is 1. The van der Waals surface area contributed by atoms with Gasteiger partial charge in [0.2, 0.25) is 0 Å². The average molecular weight is 374 g/mol. The Morgan fingerprint density at radius 2 is 1.85 bits per heavy atom. The van der Waals surface area contributed by atoms with Crippen LogP contribution >= 0.6 is 0 Å². The smallest absolute Gasteiger partial charge is 0.259 e. The predicted molar refractivity (Wildman–Crippen MR) is 109 cm³/mol. The molecule has 5 heteroatoms. The quantitative estimate of drug-likeness (QED) is 0.797. The Hall–Kier alpha value is -1.62. The third kappa shape index (κ3) is 4.13. The molecular formula is C22H35N3O2. The van der Waals surface area contributed by atoms with Crippen LogP contribution in [0.2, 0.25) is 0 Å². The third-order valence-electron chi connectivity index (χ3n) is 6.54. The van der Waals surface area contributed by atoms with E-state index in [1.54, 1.807) is 6.07 Å². The molecule has 0 bridgehead atoms. The van der Waals surface area contributed by atoms with Gasteiger partial charge in [-0.3, -0.25) is 14.5 Å². The summed E-state index contributed by atoms with van der Waals surface area (Å²) in [6.45, 7) is 13.1. The highest BCUT2D eigenvalue weighted by atomic mass is 16.2. The Kier molecular flexibility index (Phi) is 6.40. The van der Waals surface area contributed by atoms with Gasteiger partial charge in [-0.1, -0.05) is 20.8 Å². The molecule has 0 aliphatic carbocycles. The Balaban J connectivity index is 1.94. The first-order valence-corrected chi connectivity index (χ1v) is 10.7. The number of hydrogen-bond donors (Lipinski definition) is 0. The van der Waals surface area contributed by atoms with Crippen LogP contribution in [-0.4, -0.2) is 52.5 Å². The van der Waals surface area contributed by atoms with Crippen LogP contribution in [0.5, 0.6) is 0 Å². The van der Waals surface area contributed by atoms with Crippen molar-refractivity contribution in [3.63, 3.8) is 0 Å². The van der Waals surface area contributed by atoms with E-state index in [-0.39, 0.29) is 11.3 Å². The zero-order valence-electron chi connectivity index (χ0n) is 17.5. The molecule has 2 aliphatic rings. The standard InChI is InChI=1S/C22H35N3O2/c1-5-19-21(22(27)24-12-9-16(3)10-13-24)20(26)14-17(4)25(19)15-18-8-7-11-23(18)6-2/h14,16,18H,5-13,15H2,1-4H3/t18-/m0/s1. The SMILES string of the molecule is CCc1c(C(=O)N2CCC(C)CC2)c(=O)cc(C)n1C[C@@H]1CCCN1CC. The average Bonchev–Trinajstić information content (AvgIpc) is 3.11. The first-order valence-electron chi connectivity index (χ1n) is 10.7. The van der Waals surface area contributed by atoms with Crippen LogP contribution in [0.4, 0.5) is 0 Å². The van der Waals surface area contributed by atoms with Gasteiger partial charge < -0.3 is 9.47 Å². The Bertz CT molecular complexity index is 732. The zero-order valence-corrected chi connectivity index (χ0v) is 17.5. The molecule has 1 amide bonds. The van der Waals surface area contributed by atoms with E-state index in [1.165, 1.54) is 12.8 Å². The molecule has 2 aliphatic heterocycles. The summed E-state index contributed by atoms with van der Waals surface area (Å²) in [5.41, 5.74) is 2.21. The molecule has 1 aromatic rings. The van der Waals surface area contributed by atoms with Crippen LogP contribution in [-0.2, 0) is 13.0 Å². The maximum absolute atomic E-state index is 13.2. The molecule has 2 fully saturated rings. The summed E-state index contributed by atoms with van der Waals surface area (Å²) >= 11 is 0. The molecule has 1 atom stereocenters. The third-order valence-corrected chi connectivity index (χ3v) is 6.54. The van der Waals surface area contributed by atoms with Crippen LogP contribution in [0, 0.1) is 12.8 Å². The maximum Gasteiger partial charge on any atom is 0.259 e. The Morgan fingerprint density at radius 1 is 1.15 bits per heavy atom. The van der Waals surface area contributed by atoms with Gasteiger partial charge >= 0.3 is 0 Å². The van der Waals surface area contributed by atoms with Crippen molar-refractivity contribution < 1.29 is 4.79 Å². The lowest BCUT2D eigenvalue weighted by Gasteiger charge is -2.32. The van der Waals surface area contributed by atoms with E-state index in [1.807, 2.05) is 11.8 Å². The molecule has 0 unspecified atom stereocenters. The molecule has 3 heterocycles. The Morgan fingerprint density at radius 3 is 2.48 bits per heavy atom. The molecule has 3 rings (SSSR count). The second-order valence-electron chi connectivity index (χ2n) is 8.34. The Labute approximate surface area is 163 Å². The molecule has 0 saturated carbocycles. The fraction of sp³-hybridized carbons (Fsp3) is 0.727. The number of aryl methyl sites for hydroxylation is 1. The first kappa shape index (κ1) is 20.1. The van der Waals surface area contributed by atoms with Crippen LogP contribution in [0.25, 0.3) is 0 Å². The summed E-state index contributed by atoms with van der Waals surface area (Å²) in [6.07, 6.45) is 5.19. The van der Waals surface area contributed by atoms with Crippen LogP contribution in [0.15, 0.2) is 10.9 Å². The lowest BCUT2D eigenvalue weighted by Crippen LogP contribution is -2.42. The highest BCUT2D eigenvalue weighted by Gasteiger charge is 2.29. The van der Waals surface area contributed by atoms with Gasteiger partial charge in [-0.05, 0) is 58.0 Å². The molecule has 0 spiro atoms. The largest absolute Gasteiger partial charge is 0.346 e. The van der Waals surface area contributed by atoms with E-state index in [0.29, 0.717) is 23.9 Å². The number of nitrogens with zero attached hydrogens (tertiary/aromatic N) is 3. The fourth-order valence-electron chi connectivity index (χ4n) is 4.78. The van der Waals surface area contributed by atoms with Crippen LogP contribution < -0.4 is 5.43 Å². The molecular weight excluding hydrogens is 338 g/mol. The van der Waals surface area contributed by atoms with E-state index >= 15 is 0 Å². The van der Waals surface area contributed by atoms with Gasteiger partial charge in [-0.2, -0.15) is 0 Å². The van der Waals surface area contributed by atoms with Crippen LogP contribution in [0.3, 0.4) is 0 Å². The summed E-state index contributed by atoms with van der Waals surface area (Å²) in [7, 11) is 0. The van der Waals surface area contributed by atoms with Gasteiger partial charge in [-0.15, -0.1) is 0 Å².